The number of amides is 1. The van der Waals surface area contributed by atoms with Crippen LogP contribution >= 0.6 is 0 Å². The fraction of sp³-hybridized carbons (Fsp3) is 0.545. The van der Waals surface area contributed by atoms with Gasteiger partial charge in [0.05, 0.1) is 0 Å². The van der Waals surface area contributed by atoms with E-state index < -0.39 is 0 Å². The van der Waals surface area contributed by atoms with Gasteiger partial charge in [-0.2, -0.15) is 5.26 Å². The lowest BCUT2D eigenvalue weighted by molar-refractivity contribution is -0.121. The van der Waals surface area contributed by atoms with Crippen molar-refractivity contribution in [2.24, 2.45) is 23.2 Å². The van der Waals surface area contributed by atoms with Crippen LogP contribution in [0.2, 0.25) is 0 Å². The van der Waals surface area contributed by atoms with Crippen LogP contribution in [0.4, 0.5) is 0 Å². The molecule has 4 aliphatic carbocycles. The van der Waals surface area contributed by atoms with E-state index in [0.29, 0.717) is 0 Å². The summed E-state index contributed by atoms with van der Waals surface area (Å²) in [6.07, 6.45) is 9.65. The van der Waals surface area contributed by atoms with Gasteiger partial charge in [-0.3, -0.25) is 4.79 Å². The van der Waals surface area contributed by atoms with E-state index in [1.165, 1.54) is 38.5 Å². The first-order valence-electron chi connectivity index (χ1n) is 9.56. The maximum atomic E-state index is 12.7. The molecule has 0 aliphatic heterocycles. The van der Waals surface area contributed by atoms with Crippen LogP contribution in [-0.2, 0) is 4.79 Å². The number of benzene rings is 1. The molecule has 4 bridgehead atoms. The molecule has 4 aliphatic rings. The van der Waals surface area contributed by atoms with E-state index in [-0.39, 0.29) is 22.9 Å². The molecule has 3 nitrogen and oxygen atoms in total. The Morgan fingerprint density at radius 2 is 1.72 bits per heavy atom. The van der Waals surface area contributed by atoms with Gasteiger partial charge < -0.3 is 5.32 Å². The van der Waals surface area contributed by atoms with Crippen LogP contribution in [-0.4, -0.2) is 11.9 Å². The Morgan fingerprint density at radius 3 is 2.24 bits per heavy atom. The smallest absolute Gasteiger partial charge is 0.262 e. The summed E-state index contributed by atoms with van der Waals surface area (Å²) in [6.45, 7) is 2.16. The Balaban J connectivity index is 1.49. The summed E-state index contributed by atoms with van der Waals surface area (Å²) in [7, 11) is 0. The summed E-state index contributed by atoms with van der Waals surface area (Å²) in [5.41, 5.74) is 1.34. The zero-order valence-corrected chi connectivity index (χ0v) is 14.9. The van der Waals surface area contributed by atoms with Crippen molar-refractivity contribution in [2.75, 3.05) is 0 Å². The average Bonchev–Trinajstić information content (AvgIpc) is 2.59. The number of nitriles is 1. The van der Waals surface area contributed by atoms with Gasteiger partial charge in [0.1, 0.15) is 11.6 Å². The molecule has 0 radical (unpaired) electrons. The molecule has 1 aromatic rings. The van der Waals surface area contributed by atoms with E-state index in [1.807, 2.05) is 30.3 Å². The quantitative estimate of drug-likeness (QED) is 0.659. The summed E-state index contributed by atoms with van der Waals surface area (Å²) in [5, 5.41) is 12.6. The Labute approximate surface area is 150 Å². The molecular weight excluding hydrogens is 308 g/mol. The number of hydrogen-bond donors (Lipinski definition) is 1. The molecule has 0 unspecified atom stereocenters. The van der Waals surface area contributed by atoms with Crippen molar-refractivity contribution in [2.45, 2.75) is 51.5 Å². The summed E-state index contributed by atoms with van der Waals surface area (Å²) in [5.74, 6) is 2.36. The monoisotopic (exact) mass is 334 g/mol. The molecule has 0 spiro atoms. The van der Waals surface area contributed by atoms with Crippen molar-refractivity contribution in [3.8, 4) is 6.07 Å². The van der Waals surface area contributed by atoms with Gasteiger partial charge in [-0.05, 0) is 80.3 Å². The molecule has 1 aromatic carbocycles. The van der Waals surface area contributed by atoms with Gasteiger partial charge in [0.25, 0.3) is 5.91 Å². The topological polar surface area (TPSA) is 52.9 Å². The van der Waals surface area contributed by atoms with Gasteiger partial charge in [-0.15, -0.1) is 0 Å². The molecule has 3 heteroatoms. The maximum Gasteiger partial charge on any atom is 0.262 e. The zero-order valence-electron chi connectivity index (χ0n) is 14.9. The Morgan fingerprint density at radius 1 is 1.16 bits per heavy atom. The lowest BCUT2D eigenvalue weighted by atomic mass is 9.48. The van der Waals surface area contributed by atoms with E-state index in [2.05, 4.69) is 18.3 Å². The van der Waals surface area contributed by atoms with Crippen LogP contribution in [0.25, 0.3) is 6.08 Å². The number of rotatable bonds is 4. The third kappa shape index (κ3) is 3.11. The molecule has 5 rings (SSSR count). The molecule has 4 fully saturated rings. The number of carbonyl (C=O) groups is 1. The SMILES string of the molecule is C[C@@H](NC(=O)/C(C#N)=C/c1ccccc1)C12CC3CC(CC(C3)C1)C2. The predicted molar refractivity (Wildman–Crippen MR) is 98.2 cm³/mol. The average molecular weight is 334 g/mol. The first-order chi connectivity index (χ1) is 12.1. The van der Waals surface area contributed by atoms with Crippen molar-refractivity contribution in [1.29, 1.82) is 5.26 Å². The highest BCUT2D eigenvalue weighted by Gasteiger charge is 2.53. The van der Waals surface area contributed by atoms with Crippen LogP contribution < -0.4 is 5.32 Å². The van der Waals surface area contributed by atoms with Gasteiger partial charge in [0.2, 0.25) is 0 Å². The predicted octanol–water partition coefficient (Wildman–Crippen LogP) is 4.31. The van der Waals surface area contributed by atoms with E-state index in [1.54, 1.807) is 6.08 Å². The molecule has 130 valence electrons. The molecule has 1 amide bonds. The molecule has 25 heavy (non-hydrogen) atoms. The van der Waals surface area contributed by atoms with Gasteiger partial charge in [0.15, 0.2) is 0 Å². The van der Waals surface area contributed by atoms with Crippen LogP contribution in [0.1, 0.15) is 51.0 Å². The fourth-order valence-corrected chi connectivity index (χ4v) is 6.00. The molecule has 0 aromatic heterocycles. The minimum atomic E-state index is -0.227. The van der Waals surface area contributed by atoms with Gasteiger partial charge in [0, 0.05) is 6.04 Å². The van der Waals surface area contributed by atoms with Crippen LogP contribution in [0, 0.1) is 34.5 Å². The van der Waals surface area contributed by atoms with Crippen LogP contribution in [0.5, 0.6) is 0 Å². The van der Waals surface area contributed by atoms with E-state index in [0.717, 1.165) is 23.3 Å². The second kappa shape index (κ2) is 6.33. The second-order valence-corrected chi connectivity index (χ2v) is 8.56. The second-order valence-electron chi connectivity index (χ2n) is 8.56. The Hall–Kier alpha value is -2.08. The third-order valence-corrected chi connectivity index (χ3v) is 6.83. The highest BCUT2D eigenvalue weighted by molar-refractivity contribution is 6.01. The van der Waals surface area contributed by atoms with E-state index >= 15 is 0 Å². The van der Waals surface area contributed by atoms with Crippen molar-refractivity contribution in [3.63, 3.8) is 0 Å². The summed E-state index contributed by atoms with van der Waals surface area (Å²) >= 11 is 0. The molecule has 1 atom stereocenters. The van der Waals surface area contributed by atoms with Crippen molar-refractivity contribution in [3.05, 3.63) is 41.5 Å². The molecule has 0 heterocycles. The third-order valence-electron chi connectivity index (χ3n) is 6.83. The number of hydrogen-bond acceptors (Lipinski definition) is 2. The highest BCUT2D eigenvalue weighted by Crippen LogP contribution is 2.61. The minimum Gasteiger partial charge on any atom is -0.348 e. The summed E-state index contributed by atoms with van der Waals surface area (Å²) < 4.78 is 0. The van der Waals surface area contributed by atoms with Crippen molar-refractivity contribution >= 4 is 12.0 Å². The first kappa shape index (κ1) is 16.4. The van der Waals surface area contributed by atoms with Gasteiger partial charge in [-0.1, -0.05) is 30.3 Å². The van der Waals surface area contributed by atoms with Crippen molar-refractivity contribution < 1.29 is 4.79 Å². The van der Waals surface area contributed by atoms with Crippen molar-refractivity contribution in [1.82, 2.24) is 5.32 Å². The minimum absolute atomic E-state index is 0.140. The molecule has 1 N–H and O–H groups in total. The largest absolute Gasteiger partial charge is 0.348 e. The maximum absolute atomic E-state index is 12.7. The van der Waals surface area contributed by atoms with Gasteiger partial charge in [-0.25, -0.2) is 0 Å². The normalized spacial score (nSPS) is 34.4. The number of carbonyl (C=O) groups excluding carboxylic acids is 1. The molecule has 0 saturated heterocycles. The summed E-state index contributed by atoms with van der Waals surface area (Å²) in [6, 6.07) is 11.8. The van der Waals surface area contributed by atoms with Crippen LogP contribution in [0.3, 0.4) is 0 Å². The number of nitrogens with one attached hydrogen (secondary N) is 1. The fourth-order valence-electron chi connectivity index (χ4n) is 6.00. The number of nitrogens with zero attached hydrogens (tertiary/aromatic N) is 1. The van der Waals surface area contributed by atoms with Gasteiger partial charge >= 0.3 is 0 Å². The zero-order chi connectivity index (χ0) is 17.4. The Bertz CT molecular complexity index is 693. The van der Waals surface area contributed by atoms with E-state index in [9.17, 15) is 10.1 Å². The van der Waals surface area contributed by atoms with E-state index in [4.69, 9.17) is 0 Å². The lowest BCUT2D eigenvalue weighted by Gasteiger charge is -2.59. The lowest BCUT2D eigenvalue weighted by Crippen LogP contribution is -2.55. The molecular formula is C22H26N2O. The Kier molecular flexibility index (Phi) is 4.15. The van der Waals surface area contributed by atoms with Crippen LogP contribution in [0.15, 0.2) is 35.9 Å². The summed E-state index contributed by atoms with van der Waals surface area (Å²) in [4.78, 5) is 12.7. The molecule has 4 saturated carbocycles. The highest BCUT2D eigenvalue weighted by atomic mass is 16.1. The standard InChI is InChI=1S/C22H26N2O/c1-15(22-11-17-7-18(12-22)9-19(8-17)13-22)24-21(25)20(14-23)10-16-5-3-2-4-6-16/h2-6,10,15,17-19H,7-9,11-13H2,1H3,(H,24,25)/b20-10+/t15-,17?,18?,19?,22?/m1/s1. The first-order valence-corrected chi connectivity index (χ1v) is 9.56.